The highest BCUT2D eigenvalue weighted by molar-refractivity contribution is 14.1. The zero-order valence-corrected chi connectivity index (χ0v) is 11.5. The van der Waals surface area contributed by atoms with E-state index in [1.807, 2.05) is 0 Å². The lowest BCUT2D eigenvalue weighted by molar-refractivity contribution is 0.350. The second kappa shape index (κ2) is 4.32. The Morgan fingerprint density at radius 2 is 2.20 bits per heavy atom. The van der Waals surface area contributed by atoms with Gasteiger partial charge in [0, 0.05) is 15.3 Å². The Bertz CT molecular complexity index is 346. The molecular formula is C13H18IN. The predicted octanol–water partition coefficient (Wildman–Crippen LogP) is 4.28. The van der Waals surface area contributed by atoms with Gasteiger partial charge in [0.15, 0.2) is 0 Å². The molecular weight excluding hydrogens is 297 g/mol. The van der Waals surface area contributed by atoms with Gasteiger partial charge in [-0.25, -0.2) is 0 Å². The van der Waals surface area contributed by atoms with E-state index in [0.717, 1.165) is 0 Å². The number of benzene rings is 1. The van der Waals surface area contributed by atoms with E-state index < -0.39 is 0 Å². The maximum Gasteiger partial charge on any atom is 0.0353 e. The topological polar surface area (TPSA) is 12.0 Å². The molecule has 82 valence electrons. The van der Waals surface area contributed by atoms with Gasteiger partial charge in [-0.05, 0) is 59.0 Å². The van der Waals surface area contributed by atoms with Crippen LogP contribution in [-0.4, -0.2) is 6.04 Å². The summed E-state index contributed by atoms with van der Waals surface area (Å²) in [6.07, 6.45) is 4.00. The smallest absolute Gasteiger partial charge is 0.0353 e. The Balaban J connectivity index is 2.09. The Kier molecular flexibility index (Phi) is 3.24. The van der Waals surface area contributed by atoms with E-state index >= 15 is 0 Å². The molecule has 1 fully saturated rings. The Morgan fingerprint density at radius 3 is 2.80 bits per heavy atom. The van der Waals surface area contributed by atoms with Gasteiger partial charge < -0.3 is 5.32 Å². The minimum absolute atomic E-state index is 0.446. The van der Waals surface area contributed by atoms with Crippen LogP contribution >= 0.6 is 22.6 Å². The number of halogens is 1. The number of hydrogen-bond acceptors (Lipinski definition) is 1. The lowest BCUT2D eigenvalue weighted by atomic mass is 9.87. The standard InChI is InChI=1S/C13H18IN/c1-13(2)8-4-7-12(13)15-11-6-3-5-10(14)9-11/h3,5-6,9,12,15H,4,7-8H2,1-2H3. The summed E-state index contributed by atoms with van der Waals surface area (Å²) in [6.45, 7) is 4.73. The maximum absolute atomic E-state index is 3.67. The molecule has 1 aromatic rings. The molecule has 1 unspecified atom stereocenters. The second-order valence-electron chi connectivity index (χ2n) is 5.09. The Hall–Kier alpha value is -0.250. The van der Waals surface area contributed by atoms with Crippen molar-refractivity contribution in [3.05, 3.63) is 27.8 Å². The highest BCUT2D eigenvalue weighted by Crippen LogP contribution is 2.39. The lowest BCUT2D eigenvalue weighted by Crippen LogP contribution is -2.30. The van der Waals surface area contributed by atoms with E-state index in [1.165, 1.54) is 28.5 Å². The van der Waals surface area contributed by atoms with Crippen LogP contribution in [-0.2, 0) is 0 Å². The summed E-state index contributed by atoms with van der Waals surface area (Å²) in [4.78, 5) is 0. The van der Waals surface area contributed by atoms with Gasteiger partial charge >= 0.3 is 0 Å². The minimum Gasteiger partial charge on any atom is -0.382 e. The molecule has 15 heavy (non-hydrogen) atoms. The van der Waals surface area contributed by atoms with Crippen LogP contribution in [0.5, 0.6) is 0 Å². The molecule has 2 rings (SSSR count). The summed E-state index contributed by atoms with van der Waals surface area (Å²) in [5.74, 6) is 0. The largest absolute Gasteiger partial charge is 0.382 e. The first-order valence-electron chi connectivity index (χ1n) is 5.60. The fourth-order valence-corrected chi connectivity index (χ4v) is 2.92. The van der Waals surface area contributed by atoms with Crippen molar-refractivity contribution in [3.8, 4) is 0 Å². The summed E-state index contributed by atoms with van der Waals surface area (Å²) >= 11 is 2.36. The van der Waals surface area contributed by atoms with Gasteiger partial charge in [-0.3, -0.25) is 0 Å². The molecule has 0 aromatic heterocycles. The molecule has 1 atom stereocenters. The molecule has 1 aliphatic rings. The molecule has 1 aromatic carbocycles. The van der Waals surface area contributed by atoms with Gasteiger partial charge in [-0.15, -0.1) is 0 Å². The van der Waals surface area contributed by atoms with Crippen LogP contribution in [0, 0.1) is 8.99 Å². The summed E-state index contributed by atoms with van der Waals surface area (Å²) in [6, 6.07) is 9.26. The fourth-order valence-electron chi connectivity index (χ4n) is 2.37. The van der Waals surface area contributed by atoms with Gasteiger partial charge in [0.05, 0.1) is 0 Å². The normalized spacial score (nSPS) is 24.1. The van der Waals surface area contributed by atoms with Crippen molar-refractivity contribution in [1.29, 1.82) is 0 Å². The molecule has 0 bridgehead atoms. The molecule has 1 saturated carbocycles. The van der Waals surface area contributed by atoms with E-state index in [4.69, 9.17) is 0 Å². The Labute approximate surface area is 106 Å². The monoisotopic (exact) mass is 315 g/mol. The first-order valence-corrected chi connectivity index (χ1v) is 6.68. The van der Waals surface area contributed by atoms with Crippen LogP contribution in [0.25, 0.3) is 0 Å². The van der Waals surface area contributed by atoms with Crippen LogP contribution in [0.4, 0.5) is 5.69 Å². The van der Waals surface area contributed by atoms with Crippen molar-refractivity contribution in [1.82, 2.24) is 0 Å². The molecule has 0 saturated heterocycles. The first kappa shape index (κ1) is 11.2. The van der Waals surface area contributed by atoms with Gasteiger partial charge in [-0.2, -0.15) is 0 Å². The highest BCUT2D eigenvalue weighted by atomic mass is 127. The summed E-state index contributed by atoms with van der Waals surface area (Å²) in [5, 5.41) is 3.67. The second-order valence-corrected chi connectivity index (χ2v) is 6.33. The highest BCUT2D eigenvalue weighted by Gasteiger charge is 2.34. The third-order valence-electron chi connectivity index (χ3n) is 3.42. The summed E-state index contributed by atoms with van der Waals surface area (Å²) < 4.78 is 1.30. The van der Waals surface area contributed by atoms with E-state index in [1.54, 1.807) is 0 Å². The van der Waals surface area contributed by atoms with Crippen molar-refractivity contribution in [3.63, 3.8) is 0 Å². The minimum atomic E-state index is 0.446. The van der Waals surface area contributed by atoms with Gasteiger partial charge in [0.25, 0.3) is 0 Å². The molecule has 0 spiro atoms. The van der Waals surface area contributed by atoms with Crippen molar-refractivity contribution in [2.24, 2.45) is 5.41 Å². The zero-order valence-electron chi connectivity index (χ0n) is 9.39. The van der Waals surface area contributed by atoms with E-state index in [0.29, 0.717) is 11.5 Å². The van der Waals surface area contributed by atoms with Crippen molar-refractivity contribution < 1.29 is 0 Å². The van der Waals surface area contributed by atoms with Gasteiger partial charge in [0.1, 0.15) is 0 Å². The maximum atomic E-state index is 3.67. The van der Waals surface area contributed by atoms with Crippen LogP contribution in [0.2, 0.25) is 0 Å². The van der Waals surface area contributed by atoms with Crippen LogP contribution in [0.3, 0.4) is 0 Å². The van der Waals surface area contributed by atoms with Crippen molar-refractivity contribution >= 4 is 28.3 Å². The molecule has 1 N–H and O–H groups in total. The predicted molar refractivity (Wildman–Crippen MR) is 74.2 cm³/mol. The third-order valence-corrected chi connectivity index (χ3v) is 4.09. The van der Waals surface area contributed by atoms with Crippen molar-refractivity contribution in [2.75, 3.05) is 5.32 Å². The Morgan fingerprint density at radius 1 is 1.40 bits per heavy atom. The molecule has 0 aliphatic heterocycles. The van der Waals surface area contributed by atoms with E-state index in [9.17, 15) is 0 Å². The number of rotatable bonds is 2. The quantitative estimate of drug-likeness (QED) is 0.803. The van der Waals surface area contributed by atoms with E-state index in [-0.39, 0.29) is 0 Å². The molecule has 0 amide bonds. The summed E-state index contributed by atoms with van der Waals surface area (Å²) in [7, 11) is 0. The van der Waals surface area contributed by atoms with Crippen LogP contribution < -0.4 is 5.32 Å². The molecule has 1 aliphatic carbocycles. The molecule has 0 radical (unpaired) electrons. The fraction of sp³-hybridized carbons (Fsp3) is 0.538. The third kappa shape index (κ3) is 2.65. The number of nitrogens with one attached hydrogen (secondary N) is 1. The van der Waals surface area contributed by atoms with Crippen molar-refractivity contribution in [2.45, 2.75) is 39.2 Å². The van der Waals surface area contributed by atoms with Crippen LogP contribution in [0.15, 0.2) is 24.3 Å². The molecule has 0 heterocycles. The number of hydrogen-bond donors (Lipinski definition) is 1. The number of anilines is 1. The van der Waals surface area contributed by atoms with E-state index in [2.05, 4.69) is 66.0 Å². The van der Waals surface area contributed by atoms with Gasteiger partial charge in [0.2, 0.25) is 0 Å². The summed E-state index contributed by atoms with van der Waals surface area (Å²) in [5.41, 5.74) is 1.71. The molecule has 1 nitrogen and oxygen atoms in total. The first-order chi connectivity index (χ1) is 7.08. The molecule has 2 heteroatoms. The lowest BCUT2D eigenvalue weighted by Gasteiger charge is -2.28. The SMILES string of the molecule is CC1(C)CCCC1Nc1cccc(I)c1. The average Bonchev–Trinajstić information content (AvgIpc) is 2.46. The van der Waals surface area contributed by atoms with Crippen LogP contribution in [0.1, 0.15) is 33.1 Å². The average molecular weight is 315 g/mol. The zero-order chi connectivity index (χ0) is 10.9. The van der Waals surface area contributed by atoms with Gasteiger partial charge in [-0.1, -0.05) is 26.3 Å².